The Kier molecular flexibility index (Phi) is 27.5. The maximum atomic E-state index is 7.33. The summed E-state index contributed by atoms with van der Waals surface area (Å²) in [6.45, 7) is 0. The van der Waals surface area contributed by atoms with Gasteiger partial charge in [0, 0.05) is 17.1 Å². The summed E-state index contributed by atoms with van der Waals surface area (Å²) in [7, 11) is -4.61. The van der Waals surface area contributed by atoms with E-state index in [0.29, 0.717) is 0 Å². The summed E-state index contributed by atoms with van der Waals surface area (Å²) in [6, 6.07) is 0. The predicted molar refractivity (Wildman–Crippen MR) is 28.9 cm³/mol. The van der Waals surface area contributed by atoms with Crippen LogP contribution in [-0.2, 0) is 17.1 Å². The monoisotopic (exact) mass is 199 g/mol. The van der Waals surface area contributed by atoms with Crippen molar-refractivity contribution in [3.8, 4) is 0 Å². The van der Waals surface area contributed by atoms with Gasteiger partial charge in [0.2, 0.25) is 0 Å². The van der Waals surface area contributed by atoms with E-state index in [1.807, 2.05) is 0 Å². The van der Waals surface area contributed by atoms with Crippen molar-refractivity contribution >= 4 is 79.3 Å². The fourth-order valence-corrected chi connectivity index (χ4v) is 0. The van der Waals surface area contributed by atoms with E-state index in [0.717, 1.165) is 0 Å². The molecule has 0 saturated heterocycles. The van der Waals surface area contributed by atoms with Gasteiger partial charge in [-0.15, -0.1) is 0 Å². The zero-order chi connectivity index (χ0) is 4.50. The molecule has 0 spiro atoms. The number of hydrogen-bond acceptors (Lipinski definition) is 4. The third kappa shape index (κ3) is 68.1. The smallest absolute Gasteiger partial charge is 0 e. The molecule has 0 aliphatic rings. The summed E-state index contributed by atoms with van der Waals surface area (Å²) in [5.74, 6) is 0. The van der Waals surface area contributed by atoms with Crippen molar-refractivity contribution in [3.05, 3.63) is 0 Å². The fourth-order valence-electron chi connectivity index (χ4n) is 0. The first-order valence-corrected chi connectivity index (χ1v) is 2.68. The van der Waals surface area contributed by atoms with E-state index in [4.69, 9.17) is 19.2 Å². The van der Waals surface area contributed by atoms with E-state index in [2.05, 4.69) is 0 Å². The van der Waals surface area contributed by atoms with Gasteiger partial charge in [0.25, 0.3) is 0 Å². The molecular formula is H6KLiMnO4Si. The standard InChI is InChI=1S/K.Li.Mn.H4O4Si.2H/c;;;1-5(2,3)4;;/h;;;1-4H;;. The molecule has 1 radical (unpaired) electrons. The van der Waals surface area contributed by atoms with Crippen LogP contribution in [0, 0.1) is 0 Å². The van der Waals surface area contributed by atoms with Gasteiger partial charge in [-0.1, -0.05) is 0 Å². The zero-order valence-corrected chi connectivity index (χ0v) is 4.85. The molecule has 0 aromatic carbocycles. The SMILES string of the molecule is O[Si](O)(O)O.[KH].[LiH].[Mn]. The Morgan fingerprint density at radius 3 is 0.875 bits per heavy atom. The van der Waals surface area contributed by atoms with Gasteiger partial charge in [0.15, 0.2) is 0 Å². The summed E-state index contributed by atoms with van der Waals surface area (Å²) < 4.78 is 0. The zero-order valence-electron chi connectivity index (χ0n) is 2.67. The Balaban J connectivity index is -0.0000000267. The van der Waals surface area contributed by atoms with E-state index in [1.54, 1.807) is 0 Å². The molecule has 0 aliphatic heterocycles. The third-order valence-corrected chi connectivity index (χ3v) is 0. The number of rotatable bonds is 0. The summed E-state index contributed by atoms with van der Waals surface area (Å²) in [4.78, 5) is 29.3. The fraction of sp³-hybridized carbons (Fsp3) is 0. The summed E-state index contributed by atoms with van der Waals surface area (Å²) >= 11 is 0. The quantitative estimate of drug-likeness (QED) is 0.300. The van der Waals surface area contributed by atoms with Crippen molar-refractivity contribution in [3.63, 3.8) is 0 Å². The van der Waals surface area contributed by atoms with Crippen molar-refractivity contribution in [2.75, 3.05) is 0 Å². The van der Waals surface area contributed by atoms with E-state index >= 15 is 0 Å². The van der Waals surface area contributed by atoms with Crippen LogP contribution < -0.4 is 0 Å². The van der Waals surface area contributed by atoms with Crippen LogP contribution in [0.1, 0.15) is 0 Å². The Labute approximate surface area is 113 Å². The molecule has 0 aromatic rings. The van der Waals surface area contributed by atoms with Crippen LogP contribution in [-0.4, -0.2) is 98.5 Å². The van der Waals surface area contributed by atoms with Gasteiger partial charge in [-0.3, -0.25) is 0 Å². The van der Waals surface area contributed by atoms with Crippen LogP contribution in [0.5, 0.6) is 0 Å². The summed E-state index contributed by atoms with van der Waals surface area (Å²) in [6.07, 6.45) is 0. The van der Waals surface area contributed by atoms with Gasteiger partial charge in [0.1, 0.15) is 0 Å². The van der Waals surface area contributed by atoms with E-state index in [9.17, 15) is 0 Å². The molecule has 0 heterocycles. The average Bonchev–Trinajstić information content (AvgIpc) is 0.722. The Morgan fingerprint density at radius 2 is 0.875 bits per heavy atom. The molecule has 0 rings (SSSR count). The molecule has 0 saturated carbocycles. The molecule has 0 atom stereocenters. The molecular weight excluding hydrogens is 193 g/mol. The molecule has 4 N–H and O–H groups in total. The van der Waals surface area contributed by atoms with Gasteiger partial charge < -0.3 is 19.2 Å². The van der Waals surface area contributed by atoms with Gasteiger partial charge in [-0.2, -0.15) is 0 Å². The van der Waals surface area contributed by atoms with Crippen molar-refractivity contribution in [1.29, 1.82) is 0 Å². The molecule has 43 valence electrons. The molecule has 4 nitrogen and oxygen atoms in total. The summed E-state index contributed by atoms with van der Waals surface area (Å²) in [5.41, 5.74) is 0. The van der Waals surface area contributed by atoms with Crippen LogP contribution in [0.3, 0.4) is 0 Å². The second-order valence-corrected chi connectivity index (χ2v) is 1.80. The van der Waals surface area contributed by atoms with Crippen molar-refractivity contribution in [2.45, 2.75) is 0 Å². The molecule has 0 unspecified atom stereocenters. The minimum Gasteiger partial charge on any atom is 0 e. The Morgan fingerprint density at radius 1 is 0.875 bits per heavy atom. The molecule has 0 fully saturated rings. The minimum atomic E-state index is -4.61. The molecule has 8 heteroatoms. The Hall–Kier alpha value is 2.81. The first kappa shape index (κ1) is 22.4. The molecule has 8 heavy (non-hydrogen) atoms. The molecule has 0 amide bonds. The van der Waals surface area contributed by atoms with Crippen molar-refractivity contribution < 1.29 is 36.3 Å². The van der Waals surface area contributed by atoms with E-state index in [1.165, 1.54) is 0 Å². The normalized spacial score (nSPS) is 7.50. The first-order valence-electron chi connectivity index (χ1n) is 0.894. The minimum absolute atomic E-state index is 0. The van der Waals surface area contributed by atoms with Crippen molar-refractivity contribution in [2.24, 2.45) is 0 Å². The maximum Gasteiger partial charge on any atom is 0 e. The maximum absolute atomic E-state index is 7.33. The van der Waals surface area contributed by atoms with Crippen molar-refractivity contribution in [1.82, 2.24) is 0 Å². The van der Waals surface area contributed by atoms with Crippen LogP contribution in [0.2, 0.25) is 0 Å². The first-order chi connectivity index (χ1) is 2.00. The third-order valence-electron chi connectivity index (χ3n) is 0. The van der Waals surface area contributed by atoms with Crippen LogP contribution >= 0.6 is 0 Å². The van der Waals surface area contributed by atoms with Crippen LogP contribution in [0.4, 0.5) is 0 Å². The molecule has 0 aliphatic carbocycles. The second kappa shape index (κ2) is 9.81. The molecule has 0 bridgehead atoms. The molecule has 0 aromatic heterocycles. The largest absolute Gasteiger partial charge is 0 e. The van der Waals surface area contributed by atoms with E-state index in [-0.39, 0.29) is 87.3 Å². The number of hydrogen-bond donors (Lipinski definition) is 4. The van der Waals surface area contributed by atoms with Crippen LogP contribution in [0.25, 0.3) is 0 Å². The van der Waals surface area contributed by atoms with Gasteiger partial charge >= 0.3 is 79.3 Å². The van der Waals surface area contributed by atoms with Gasteiger partial charge in [0.05, 0.1) is 0 Å². The van der Waals surface area contributed by atoms with Gasteiger partial charge in [-0.05, 0) is 0 Å². The van der Waals surface area contributed by atoms with Crippen LogP contribution in [0.15, 0.2) is 0 Å². The predicted octanol–water partition coefficient (Wildman–Crippen LogP) is -3.91. The topological polar surface area (TPSA) is 80.9 Å². The second-order valence-electron chi connectivity index (χ2n) is 0.600. The van der Waals surface area contributed by atoms with Gasteiger partial charge in [-0.25, -0.2) is 0 Å². The average molecular weight is 199 g/mol. The summed E-state index contributed by atoms with van der Waals surface area (Å²) in [5, 5.41) is 0. The Bertz CT molecular complexity index is 31.5. The van der Waals surface area contributed by atoms with E-state index < -0.39 is 9.05 Å².